The van der Waals surface area contributed by atoms with Crippen molar-refractivity contribution in [3.8, 4) is 5.69 Å². The highest BCUT2D eigenvalue weighted by atomic mass is 32.2. The number of thioether (sulfide) groups is 1. The molecular formula is C15H11N3O3S2. The van der Waals surface area contributed by atoms with Crippen LogP contribution in [0.15, 0.2) is 47.6 Å². The van der Waals surface area contributed by atoms with E-state index < -0.39 is 12.5 Å². The highest BCUT2D eigenvalue weighted by Crippen LogP contribution is 2.32. The number of carbonyl (C=O) groups excluding carboxylic acids is 1. The minimum Gasteiger partial charge on any atom is -0.480 e. The molecule has 1 amide bonds. The number of rotatable bonds is 4. The molecule has 2 heterocycles. The Morgan fingerprint density at radius 1 is 1.39 bits per heavy atom. The summed E-state index contributed by atoms with van der Waals surface area (Å²) in [5.74, 6) is -1.48. The molecule has 2 aromatic rings. The number of aromatic nitrogens is 2. The molecule has 0 atom stereocenters. The van der Waals surface area contributed by atoms with E-state index in [0.717, 1.165) is 27.9 Å². The number of hydrogen-bond acceptors (Lipinski definition) is 5. The van der Waals surface area contributed by atoms with Gasteiger partial charge in [0.05, 0.1) is 10.6 Å². The van der Waals surface area contributed by atoms with Crippen LogP contribution < -0.4 is 0 Å². The maximum atomic E-state index is 12.2. The summed E-state index contributed by atoms with van der Waals surface area (Å²) in [7, 11) is 0. The molecule has 0 spiro atoms. The van der Waals surface area contributed by atoms with Crippen molar-refractivity contribution < 1.29 is 14.7 Å². The number of carboxylic acids is 1. The van der Waals surface area contributed by atoms with Crippen LogP contribution in [0.1, 0.15) is 5.56 Å². The number of carbonyl (C=O) groups is 2. The van der Waals surface area contributed by atoms with E-state index in [1.54, 1.807) is 17.0 Å². The zero-order chi connectivity index (χ0) is 16.4. The second kappa shape index (κ2) is 6.35. The zero-order valence-electron chi connectivity index (χ0n) is 11.7. The molecule has 1 aliphatic heterocycles. The Morgan fingerprint density at radius 2 is 2.22 bits per heavy atom. The maximum absolute atomic E-state index is 12.2. The van der Waals surface area contributed by atoms with Gasteiger partial charge < -0.3 is 5.11 Å². The molecule has 1 aliphatic rings. The number of benzene rings is 1. The van der Waals surface area contributed by atoms with Gasteiger partial charge in [0.1, 0.15) is 10.9 Å². The average Bonchev–Trinajstić information content (AvgIpc) is 3.13. The van der Waals surface area contributed by atoms with Crippen LogP contribution in [0, 0.1) is 0 Å². The lowest BCUT2D eigenvalue weighted by atomic mass is 10.2. The maximum Gasteiger partial charge on any atom is 0.323 e. The third-order valence-electron chi connectivity index (χ3n) is 3.10. The predicted molar refractivity (Wildman–Crippen MR) is 91.1 cm³/mol. The Morgan fingerprint density at radius 3 is 2.91 bits per heavy atom. The number of aliphatic carboxylic acids is 1. The van der Waals surface area contributed by atoms with Gasteiger partial charge in [-0.25, -0.2) is 4.68 Å². The van der Waals surface area contributed by atoms with E-state index in [2.05, 4.69) is 5.10 Å². The first-order chi connectivity index (χ1) is 11.0. The molecule has 0 aliphatic carbocycles. The van der Waals surface area contributed by atoms with Crippen LogP contribution in [-0.2, 0) is 9.59 Å². The Kier molecular flexibility index (Phi) is 4.26. The third kappa shape index (κ3) is 3.33. The third-order valence-corrected chi connectivity index (χ3v) is 4.48. The number of amides is 1. The van der Waals surface area contributed by atoms with E-state index in [1.165, 1.54) is 0 Å². The molecule has 6 nitrogen and oxygen atoms in total. The van der Waals surface area contributed by atoms with Crippen LogP contribution in [-0.4, -0.2) is 42.5 Å². The van der Waals surface area contributed by atoms with Crippen LogP contribution in [0.3, 0.4) is 0 Å². The second-order valence-corrected chi connectivity index (χ2v) is 6.38. The largest absolute Gasteiger partial charge is 0.480 e. The van der Waals surface area contributed by atoms with Gasteiger partial charge in [0.25, 0.3) is 5.91 Å². The molecule has 23 heavy (non-hydrogen) atoms. The molecule has 1 fully saturated rings. The topological polar surface area (TPSA) is 75.4 Å². The van der Waals surface area contributed by atoms with Crippen molar-refractivity contribution in [3.05, 3.63) is 53.2 Å². The highest BCUT2D eigenvalue weighted by molar-refractivity contribution is 8.26. The summed E-state index contributed by atoms with van der Waals surface area (Å²) in [5.41, 5.74) is 1.68. The van der Waals surface area contributed by atoms with Crippen LogP contribution in [0.25, 0.3) is 11.8 Å². The fraction of sp³-hybridized carbons (Fsp3) is 0.0667. The number of thiocarbonyl (C=S) groups is 1. The standard InChI is InChI=1S/C15H11N3O3S2/c19-13(20)9-17-14(21)12(23-15(17)22)8-10-3-1-4-11(7-10)18-6-2-5-16-18/h1-8H,9H2,(H,19,20). The van der Waals surface area contributed by atoms with Gasteiger partial charge in [-0.2, -0.15) is 5.10 Å². The lowest BCUT2D eigenvalue weighted by Gasteiger charge is -2.10. The van der Waals surface area contributed by atoms with E-state index in [1.807, 2.05) is 36.5 Å². The second-order valence-electron chi connectivity index (χ2n) is 4.71. The number of hydrogen-bond donors (Lipinski definition) is 1. The van der Waals surface area contributed by atoms with E-state index in [-0.39, 0.29) is 10.2 Å². The van der Waals surface area contributed by atoms with Crippen molar-refractivity contribution in [2.75, 3.05) is 6.54 Å². The van der Waals surface area contributed by atoms with Crippen molar-refractivity contribution in [1.29, 1.82) is 0 Å². The van der Waals surface area contributed by atoms with Crippen molar-refractivity contribution in [2.24, 2.45) is 0 Å². The fourth-order valence-electron chi connectivity index (χ4n) is 2.10. The minimum atomic E-state index is -1.09. The SMILES string of the molecule is O=C(O)CN1C(=O)C(=Cc2cccc(-n3cccn3)c2)SC1=S. The molecule has 1 aromatic heterocycles. The zero-order valence-corrected chi connectivity index (χ0v) is 13.4. The normalized spacial score (nSPS) is 16.3. The summed E-state index contributed by atoms with van der Waals surface area (Å²) in [4.78, 5) is 24.5. The summed E-state index contributed by atoms with van der Waals surface area (Å²) in [6, 6.07) is 9.33. The van der Waals surface area contributed by atoms with Gasteiger partial charge in [0.2, 0.25) is 0 Å². The van der Waals surface area contributed by atoms with Crippen molar-refractivity contribution in [2.45, 2.75) is 0 Å². The lowest BCUT2D eigenvalue weighted by molar-refractivity contribution is -0.140. The van der Waals surface area contributed by atoms with Crippen molar-refractivity contribution in [1.82, 2.24) is 14.7 Å². The average molecular weight is 345 g/mol. The summed E-state index contributed by atoms with van der Waals surface area (Å²) in [6.45, 7) is -0.421. The van der Waals surface area contributed by atoms with Gasteiger partial charge in [0.15, 0.2) is 0 Å². The Balaban J connectivity index is 1.88. The molecule has 0 unspecified atom stereocenters. The molecule has 1 aromatic carbocycles. The molecule has 3 rings (SSSR count). The molecule has 0 saturated carbocycles. The summed E-state index contributed by atoms with van der Waals surface area (Å²) in [6.07, 6.45) is 5.21. The smallest absolute Gasteiger partial charge is 0.323 e. The molecule has 1 N–H and O–H groups in total. The van der Waals surface area contributed by atoms with E-state index >= 15 is 0 Å². The van der Waals surface area contributed by atoms with Gasteiger partial charge in [-0.15, -0.1) is 0 Å². The van der Waals surface area contributed by atoms with Gasteiger partial charge in [-0.1, -0.05) is 36.1 Å². The fourth-order valence-corrected chi connectivity index (χ4v) is 3.36. The van der Waals surface area contributed by atoms with Gasteiger partial charge >= 0.3 is 5.97 Å². The lowest BCUT2D eigenvalue weighted by Crippen LogP contribution is -2.33. The summed E-state index contributed by atoms with van der Waals surface area (Å²) in [5, 5.41) is 13.0. The van der Waals surface area contributed by atoms with E-state index in [9.17, 15) is 9.59 Å². The van der Waals surface area contributed by atoms with Gasteiger partial charge in [-0.05, 0) is 29.8 Å². The Hall–Kier alpha value is -2.45. The predicted octanol–water partition coefficient (Wildman–Crippen LogP) is 2.16. The van der Waals surface area contributed by atoms with Crippen LogP contribution in [0.5, 0.6) is 0 Å². The van der Waals surface area contributed by atoms with Crippen LogP contribution in [0.2, 0.25) is 0 Å². The Labute approximate surface area is 141 Å². The van der Waals surface area contributed by atoms with Gasteiger partial charge in [-0.3, -0.25) is 14.5 Å². The van der Waals surface area contributed by atoms with Crippen molar-refractivity contribution in [3.63, 3.8) is 0 Å². The van der Waals surface area contributed by atoms with Crippen molar-refractivity contribution >= 4 is 46.3 Å². The molecule has 116 valence electrons. The monoisotopic (exact) mass is 345 g/mol. The van der Waals surface area contributed by atoms with E-state index in [4.69, 9.17) is 17.3 Å². The van der Waals surface area contributed by atoms with Crippen LogP contribution in [0.4, 0.5) is 0 Å². The minimum absolute atomic E-state index is 0.256. The first-order valence-corrected chi connectivity index (χ1v) is 7.84. The van der Waals surface area contributed by atoms with E-state index in [0.29, 0.717) is 4.91 Å². The summed E-state index contributed by atoms with van der Waals surface area (Å²) < 4.78 is 1.97. The Bertz CT molecular complexity index is 815. The molecule has 8 heteroatoms. The molecule has 0 bridgehead atoms. The molecular weight excluding hydrogens is 334 g/mol. The van der Waals surface area contributed by atoms with Gasteiger partial charge in [0, 0.05) is 12.4 Å². The summed E-state index contributed by atoms with van der Waals surface area (Å²) >= 11 is 6.17. The molecule has 0 radical (unpaired) electrons. The number of nitrogens with zero attached hydrogens (tertiary/aromatic N) is 3. The quantitative estimate of drug-likeness (QED) is 0.676. The molecule has 1 saturated heterocycles. The first kappa shape index (κ1) is 15.4. The van der Waals surface area contributed by atoms with Crippen LogP contribution >= 0.6 is 24.0 Å². The highest BCUT2D eigenvalue weighted by Gasteiger charge is 2.33. The first-order valence-electron chi connectivity index (χ1n) is 6.62. The number of carboxylic acid groups (broad SMARTS) is 1.